The van der Waals surface area contributed by atoms with E-state index < -0.39 is 6.03 Å². The van der Waals surface area contributed by atoms with Gasteiger partial charge in [0.2, 0.25) is 5.91 Å². The summed E-state index contributed by atoms with van der Waals surface area (Å²) in [5.41, 5.74) is 3.41. The van der Waals surface area contributed by atoms with Crippen molar-refractivity contribution in [1.82, 2.24) is 19.9 Å². The third-order valence-corrected chi connectivity index (χ3v) is 7.14. The average Bonchev–Trinajstić information content (AvgIpc) is 3.25. The highest BCUT2D eigenvalue weighted by Gasteiger charge is 2.31. The minimum Gasteiger partial charge on any atom is -0.488 e. The fourth-order valence-electron chi connectivity index (χ4n) is 4.83. The fraction of sp³-hybridized carbons (Fsp3) is 0.448. The van der Waals surface area contributed by atoms with Gasteiger partial charge in [0.1, 0.15) is 23.2 Å². The zero-order chi connectivity index (χ0) is 28.8. The van der Waals surface area contributed by atoms with Gasteiger partial charge in [-0.2, -0.15) is 0 Å². The Hall–Kier alpha value is -3.96. The standard InChI is InChI=1S/C29H38N6O5/c1-18-14-35(19(2)17-36)27(37)13-23-12-24(31-29(38)32-28-20(3)33-40-21(28)4)6-7-25(23)39-26(18)16-34(5)15-22-8-10-30-11-9-22/h6-12,18-19,26,36H,13-17H2,1-5H3,(H2,31,32,38)/t18-,19+,26?/m1/s1. The molecule has 0 saturated carbocycles. The number of hydrogen-bond acceptors (Lipinski definition) is 8. The number of hydrogen-bond donors (Lipinski definition) is 3. The van der Waals surface area contributed by atoms with Crippen molar-refractivity contribution in [3.05, 3.63) is 65.3 Å². The summed E-state index contributed by atoms with van der Waals surface area (Å²) in [6.45, 7) is 9.03. The molecule has 1 unspecified atom stereocenters. The third-order valence-electron chi connectivity index (χ3n) is 7.14. The summed E-state index contributed by atoms with van der Waals surface area (Å²) in [5.74, 6) is 0.981. The summed E-state index contributed by atoms with van der Waals surface area (Å²) in [5, 5.41) is 19.3. The first kappa shape index (κ1) is 29.0. The number of benzene rings is 1. The second-order valence-corrected chi connectivity index (χ2v) is 10.5. The molecule has 1 aliphatic rings. The van der Waals surface area contributed by atoms with Gasteiger partial charge in [-0.15, -0.1) is 0 Å². The molecule has 0 radical (unpaired) electrons. The van der Waals surface area contributed by atoms with Crippen molar-refractivity contribution in [3.8, 4) is 5.75 Å². The van der Waals surface area contributed by atoms with Crippen molar-refractivity contribution in [2.75, 3.05) is 37.4 Å². The zero-order valence-electron chi connectivity index (χ0n) is 23.7. The summed E-state index contributed by atoms with van der Waals surface area (Å²) in [4.78, 5) is 34.2. The van der Waals surface area contributed by atoms with Gasteiger partial charge in [-0.3, -0.25) is 14.7 Å². The number of nitrogens with one attached hydrogen (secondary N) is 2. The van der Waals surface area contributed by atoms with Crippen LogP contribution >= 0.6 is 0 Å². The molecule has 0 spiro atoms. The third kappa shape index (κ3) is 7.16. The van der Waals surface area contributed by atoms with Crippen LogP contribution in [0.4, 0.5) is 16.2 Å². The molecule has 1 aromatic carbocycles. The summed E-state index contributed by atoms with van der Waals surface area (Å²) in [6.07, 6.45) is 3.40. The number of fused-ring (bicyclic) bond motifs is 1. The van der Waals surface area contributed by atoms with Crippen LogP contribution in [0, 0.1) is 19.8 Å². The van der Waals surface area contributed by atoms with Crippen molar-refractivity contribution in [3.63, 3.8) is 0 Å². The van der Waals surface area contributed by atoms with Crippen LogP contribution in [0.1, 0.15) is 36.4 Å². The molecule has 0 bridgehead atoms. The first-order chi connectivity index (χ1) is 19.1. The summed E-state index contributed by atoms with van der Waals surface area (Å²) in [7, 11) is 2.04. The Kier molecular flexibility index (Phi) is 9.38. The smallest absolute Gasteiger partial charge is 0.323 e. The molecule has 11 nitrogen and oxygen atoms in total. The first-order valence-corrected chi connectivity index (χ1v) is 13.4. The van der Waals surface area contributed by atoms with Crippen LogP contribution < -0.4 is 15.4 Å². The molecular weight excluding hydrogens is 512 g/mol. The number of rotatable bonds is 8. The molecule has 214 valence electrons. The number of anilines is 2. The maximum Gasteiger partial charge on any atom is 0.323 e. The number of likely N-dealkylation sites (N-methyl/N-ethyl adjacent to an activating group) is 1. The lowest BCUT2D eigenvalue weighted by molar-refractivity contribution is -0.134. The van der Waals surface area contributed by atoms with Crippen LogP contribution in [0.5, 0.6) is 5.75 Å². The zero-order valence-corrected chi connectivity index (χ0v) is 23.7. The van der Waals surface area contributed by atoms with E-state index in [1.807, 2.05) is 26.1 Å². The molecule has 0 aliphatic carbocycles. The highest BCUT2D eigenvalue weighted by Crippen LogP contribution is 2.29. The van der Waals surface area contributed by atoms with Crippen molar-refractivity contribution in [2.45, 2.75) is 52.8 Å². The molecular formula is C29H38N6O5. The van der Waals surface area contributed by atoms with Crippen LogP contribution in [-0.4, -0.2) is 75.9 Å². The van der Waals surface area contributed by atoms with Gasteiger partial charge >= 0.3 is 6.03 Å². The maximum absolute atomic E-state index is 13.4. The number of ether oxygens (including phenoxy) is 1. The number of carbonyl (C=O) groups excluding carboxylic acids is 2. The monoisotopic (exact) mass is 550 g/mol. The van der Waals surface area contributed by atoms with E-state index in [2.05, 4.69) is 32.6 Å². The predicted molar refractivity (Wildman–Crippen MR) is 151 cm³/mol. The minimum atomic E-state index is -0.454. The number of aromatic nitrogens is 2. The molecule has 40 heavy (non-hydrogen) atoms. The molecule has 3 atom stereocenters. The van der Waals surface area contributed by atoms with E-state index in [-0.39, 0.29) is 37.0 Å². The molecule has 3 amide bonds. The van der Waals surface area contributed by atoms with Gasteiger partial charge in [-0.25, -0.2) is 4.79 Å². The maximum atomic E-state index is 13.4. The molecule has 0 saturated heterocycles. The van der Waals surface area contributed by atoms with E-state index in [9.17, 15) is 14.7 Å². The lowest BCUT2D eigenvalue weighted by Gasteiger charge is -2.34. The van der Waals surface area contributed by atoms with Crippen molar-refractivity contribution in [1.29, 1.82) is 0 Å². The van der Waals surface area contributed by atoms with Gasteiger partial charge in [0.25, 0.3) is 0 Å². The molecule has 1 aliphatic heterocycles. The number of aliphatic hydroxyl groups excluding tert-OH is 1. The van der Waals surface area contributed by atoms with Crippen LogP contribution in [0.2, 0.25) is 0 Å². The minimum absolute atomic E-state index is 0.0116. The molecule has 3 heterocycles. The van der Waals surface area contributed by atoms with Gasteiger partial charge < -0.3 is 29.9 Å². The highest BCUT2D eigenvalue weighted by atomic mass is 16.5. The first-order valence-electron chi connectivity index (χ1n) is 13.4. The Morgan fingerprint density at radius 1 is 1.23 bits per heavy atom. The molecule has 2 aromatic heterocycles. The number of pyridine rings is 1. The number of amides is 3. The molecule has 3 aromatic rings. The number of nitrogens with zero attached hydrogens (tertiary/aromatic N) is 4. The van der Waals surface area contributed by atoms with E-state index in [0.29, 0.717) is 47.2 Å². The van der Waals surface area contributed by atoms with Gasteiger partial charge in [0.05, 0.1) is 19.1 Å². The van der Waals surface area contributed by atoms with Crippen molar-refractivity contribution >= 4 is 23.3 Å². The Labute approximate surface area is 234 Å². The Balaban J connectivity index is 1.57. The number of carbonyl (C=O) groups is 2. The van der Waals surface area contributed by atoms with Crippen LogP contribution in [0.25, 0.3) is 0 Å². The molecule has 0 fully saturated rings. The van der Waals surface area contributed by atoms with E-state index in [4.69, 9.17) is 9.26 Å². The molecule has 11 heteroatoms. The molecule has 3 N–H and O–H groups in total. The second kappa shape index (κ2) is 12.9. The van der Waals surface area contributed by atoms with E-state index in [0.717, 1.165) is 12.1 Å². The number of aliphatic hydroxyl groups is 1. The van der Waals surface area contributed by atoms with Crippen LogP contribution in [0.15, 0.2) is 47.2 Å². The van der Waals surface area contributed by atoms with Gasteiger partial charge in [0.15, 0.2) is 5.76 Å². The van der Waals surface area contributed by atoms with E-state index in [1.54, 1.807) is 49.3 Å². The lowest BCUT2D eigenvalue weighted by atomic mass is 10.0. The normalized spacial score (nSPS) is 18.3. The topological polar surface area (TPSA) is 133 Å². The van der Waals surface area contributed by atoms with Crippen LogP contribution in [-0.2, 0) is 17.8 Å². The van der Waals surface area contributed by atoms with Crippen molar-refractivity contribution in [2.24, 2.45) is 5.92 Å². The van der Waals surface area contributed by atoms with Gasteiger partial charge in [0, 0.05) is 49.2 Å². The highest BCUT2D eigenvalue weighted by molar-refractivity contribution is 6.00. The van der Waals surface area contributed by atoms with Gasteiger partial charge in [-0.05, 0) is 63.7 Å². The average molecular weight is 551 g/mol. The lowest BCUT2D eigenvalue weighted by Crippen LogP contribution is -2.47. The summed E-state index contributed by atoms with van der Waals surface area (Å²) in [6, 6.07) is 8.48. The van der Waals surface area contributed by atoms with Crippen molar-refractivity contribution < 1.29 is 24.0 Å². The van der Waals surface area contributed by atoms with Gasteiger partial charge in [-0.1, -0.05) is 12.1 Å². The Morgan fingerprint density at radius 2 is 1.98 bits per heavy atom. The number of aryl methyl sites for hydroxylation is 2. The molecule has 4 rings (SSSR count). The Bertz CT molecular complexity index is 1290. The number of urea groups is 1. The summed E-state index contributed by atoms with van der Waals surface area (Å²) < 4.78 is 11.7. The Morgan fingerprint density at radius 3 is 2.65 bits per heavy atom. The second-order valence-electron chi connectivity index (χ2n) is 10.5. The van der Waals surface area contributed by atoms with E-state index >= 15 is 0 Å². The predicted octanol–water partition coefficient (Wildman–Crippen LogP) is 3.61. The quantitative estimate of drug-likeness (QED) is 0.387. The SMILES string of the molecule is Cc1noc(C)c1NC(=O)Nc1ccc2c(c1)CC(=O)N([C@@H](C)CO)C[C@@H](C)C(CN(C)Cc1ccncc1)O2. The van der Waals surface area contributed by atoms with Crippen LogP contribution in [0.3, 0.4) is 0 Å². The fourth-order valence-corrected chi connectivity index (χ4v) is 4.83. The summed E-state index contributed by atoms with van der Waals surface area (Å²) >= 11 is 0. The van der Waals surface area contributed by atoms with E-state index in [1.165, 1.54) is 0 Å². The largest absolute Gasteiger partial charge is 0.488 e.